The van der Waals surface area contributed by atoms with Crippen molar-refractivity contribution in [2.24, 2.45) is 5.92 Å². The number of hydrogen-bond acceptors (Lipinski definition) is 5. The molecule has 0 saturated carbocycles. The lowest BCUT2D eigenvalue weighted by Crippen LogP contribution is -2.37. The molecule has 32 heavy (non-hydrogen) atoms. The standard InChI is InChI=1S/C26H31N5O/c1-3-31-15-14-30(18-22-10-7-13-29-25(22)27-2)19-23(26(31)32)16-20-8-4-5-11-24(20)21-9-6-12-28-17-21/h4-13,17,23H,3,14-16,18-19H2,1-2H3,(H,27,29)/t23-/m0/s1. The van der Waals surface area contributed by atoms with Crippen LogP contribution in [0.4, 0.5) is 5.82 Å². The van der Waals surface area contributed by atoms with E-state index in [4.69, 9.17) is 0 Å². The van der Waals surface area contributed by atoms with Gasteiger partial charge in [0.25, 0.3) is 0 Å². The maximum absolute atomic E-state index is 13.4. The van der Waals surface area contributed by atoms with E-state index in [9.17, 15) is 4.79 Å². The van der Waals surface area contributed by atoms with Gasteiger partial charge in [0, 0.05) is 69.5 Å². The molecule has 2 aromatic heterocycles. The van der Waals surface area contributed by atoms with E-state index in [1.54, 1.807) is 12.4 Å². The lowest BCUT2D eigenvalue weighted by atomic mass is 9.91. The van der Waals surface area contributed by atoms with E-state index < -0.39 is 0 Å². The second kappa shape index (κ2) is 10.4. The Balaban J connectivity index is 1.60. The molecule has 1 amide bonds. The zero-order valence-corrected chi connectivity index (χ0v) is 18.9. The molecule has 0 bridgehead atoms. The molecule has 6 heteroatoms. The fourth-order valence-corrected chi connectivity index (χ4v) is 4.52. The zero-order valence-electron chi connectivity index (χ0n) is 18.9. The number of carbonyl (C=O) groups is 1. The average Bonchev–Trinajstić information content (AvgIpc) is 2.98. The molecule has 1 saturated heterocycles. The van der Waals surface area contributed by atoms with Gasteiger partial charge in [-0.25, -0.2) is 4.98 Å². The van der Waals surface area contributed by atoms with Crippen molar-refractivity contribution in [1.29, 1.82) is 0 Å². The maximum Gasteiger partial charge on any atom is 0.227 e. The Kier molecular flexibility index (Phi) is 7.12. The van der Waals surface area contributed by atoms with Gasteiger partial charge in [0.1, 0.15) is 5.82 Å². The Morgan fingerprint density at radius 2 is 1.84 bits per heavy atom. The highest BCUT2D eigenvalue weighted by molar-refractivity contribution is 5.80. The van der Waals surface area contributed by atoms with Crippen LogP contribution in [0.5, 0.6) is 0 Å². The van der Waals surface area contributed by atoms with Gasteiger partial charge in [-0.3, -0.25) is 14.7 Å². The van der Waals surface area contributed by atoms with Crippen LogP contribution in [0.15, 0.2) is 67.1 Å². The monoisotopic (exact) mass is 429 g/mol. The third-order valence-electron chi connectivity index (χ3n) is 6.19. The number of aromatic nitrogens is 2. The van der Waals surface area contributed by atoms with Gasteiger partial charge >= 0.3 is 0 Å². The third-order valence-corrected chi connectivity index (χ3v) is 6.19. The van der Waals surface area contributed by atoms with Crippen LogP contribution in [-0.2, 0) is 17.8 Å². The number of nitrogens with zero attached hydrogens (tertiary/aromatic N) is 4. The van der Waals surface area contributed by atoms with E-state index in [1.165, 1.54) is 5.56 Å². The van der Waals surface area contributed by atoms with Gasteiger partial charge in [-0.2, -0.15) is 0 Å². The van der Waals surface area contributed by atoms with Gasteiger partial charge in [0.15, 0.2) is 0 Å². The largest absolute Gasteiger partial charge is 0.373 e. The molecular weight excluding hydrogens is 398 g/mol. The van der Waals surface area contributed by atoms with Crippen LogP contribution >= 0.6 is 0 Å². The first-order chi connectivity index (χ1) is 15.7. The summed E-state index contributed by atoms with van der Waals surface area (Å²) < 4.78 is 0. The van der Waals surface area contributed by atoms with Crippen LogP contribution in [0, 0.1) is 5.92 Å². The van der Waals surface area contributed by atoms with E-state index in [0.29, 0.717) is 6.42 Å². The van der Waals surface area contributed by atoms with E-state index in [2.05, 4.69) is 57.4 Å². The lowest BCUT2D eigenvalue weighted by molar-refractivity contribution is -0.134. The molecule has 0 aliphatic carbocycles. The minimum absolute atomic E-state index is 0.0926. The second-order valence-corrected chi connectivity index (χ2v) is 8.21. The highest BCUT2D eigenvalue weighted by atomic mass is 16.2. The molecule has 1 aliphatic heterocycles. The molecule has 0 radical (unpaired) electrons. The van der Waals surface area contributed by atoms with Crippen LogP contribution in [0.2, 0.25) is 0 Å². The number of anilines is 1. The average molecular weight is 430 g/mol. The van der Waals surface area contributed by atoms with Crippen molar-refractivity contribution >= 4 is 11.7 Å². The van der Waals surface area contributed by atoms with Crippen molar-refractivity contribution in [1.82, 2.24) is 19.8 Å². The second-order valence-electron chi connectivity index (χ2n) is 8.21. The first-order valence-corrected chi connectivity index (χ1v) is 11.3. The Bertz CT molecular complexity index is 1040. The van der Waals surface area contributed by atoms with Gasteiger partial charge < -0.3 is 10.2 Å². The normalized spacial score (nSPS) is 17.2. The first kappa shape index (κ1) is 22.0. The smallest absolute Gasteiger partial charge is 0.227 e. The predicted octanol–water partition coefficient (Wildman–Crippen LogP) is 3.71. The lowest BCUT2D eigenvalue weighted by Gasteiger charge is -2.24. The summed E-state index contributed by atoms with van der Waals surface area (Å²) in [7, 11) is 1.90. The summed E-state index contributed by atoms with van der Waals surface area (Å²) in [5.74, 6) is 1.05. The highest BCUT2D eigenvalue weighted by Crippen LogP contribution is 2.27. The van der Waals surface area contributed by atoms with Gasteiger partial charge in [-0.1, -0.05) is 36.4 Å². The van der Waals surface area contributed by atoms with Gasteiger partial charge in [-0.15, -0.1) is 0 Å². The van der Waals surface area contributed by atoms with Crippen molar-refractivity contribution < 1.29 is 4.79 Å². The molecule has 1 atom stereocenters. The van der Waals surface area contributed by atoms with Crippen LogP contribution in [-0.4, -0.2) is 58.9 Å². The summed E-state index contributed by atoms with van der Waals surface area (Å²) in [4.78, 5) is 26.5. The molecule has 0 spiro atoms. The number of rotatable bonds is 7. The van der Waals surface area contributed by atoms with Crippen molar-refractivity contribution in [3.05, 3.63) is 78.2 Å². The SMILES string of the molecule is CCN1CCN(Cc2cccnc2NC)C[C@H](Cc2ccccc2-c2cccnc2)C1=O. The molecule has 166 valence electrons. The Morgan fingerprint density at radius 1 is 1.03 bits per heavy atom. The molecule has 4 rings (SSSR count). The van der Waals surface area contributed by atoms with Crippen molar-refractivity contribution in [2.75, 3.05) is 38.5 Å². The molecule has 0 unspecified atom stereocenters. The van der Waals surface area contributed by atoms with Crippen LogP contribution in [0.25, 0.3) is 11.1 Å². The Morgan fingerprint density at radius 3 is 2.62 bits per heavy atom. The maximum atomic E-state index is 13.4. The number of carbonyl (C=O) groups excluding carboxylic acids is 1. The van der Waals surface area contributed by atoms with Crippen molar-refractivity contribution in [3.8, 4) is 11.1 Å². The molecule has 1 aliphatic rings. The Hall–Kier alpha value is -3.25. The molecule has 1 aromatic carbocycles. The predicted molar refractivity (Wildman–Crippen MR) is 128 cm³/mol. The minimum atomic E-state index is -0.0926. The number of amides is 1. The highest BCUT2D eigenvalue weighted by Gasteiger charge is 2.30. The van der Waals surface area contributed by atoms with E-state index in [0.717, 1.165) is 55.2 Å². The Labute approximate surface area is 190 Å². The summed E-state index contributed by atoms with van der Waals surface area (Å²) in [6.07, 6.45) is 6.19. The van der Waals surface area contributed by atoms with Gasteiger partial charge in [0.2, 0.25) is 5.91 Å². The van der Waals surface area contributed by atoms with E-state index >= 15 is 0 Å². The van der Waals surface area contributed by atoms with Crippen LogP contribution in [0.3, 0.4) is 0 Å². The summed E-state index contributed by atoms with van der Waals surface area (Å²) in [6.45, 7) is 5.92. The van der Waals surface area contributed by atoms with Crippen molar-refractivity contribution in [3.63, 3.8) is 0 Å². The molecule has 3 aromatic rings. The zero-order chi connectivity index (χ0) is 22.3. The van der Waals surface area contributed by atoms with Crippen molar-refractivity contribution in [2.45, 2.75) is 19.9 Å². The van der Waals surface area contributed by atoms with Gasteiger partial charge in [0.05, 0.1) is 5.92 Å². The summed E-state index contributed by atoms with van der Waals surface area (Å²) >= 11 is 0. The molecular formula is C26H31N5O. The van der Waals surface area contributed by atoms with Crippen LogP contribution < -0.4 is 5.32 Å². The molecule has 1 fully saturated rings. The molecule has 6 nitrogen and oxygen atoms in total. The summed E-state index contributed by atoms with van der Waals surface area (Å²) in [5.41, 5.74) is 4.58. The number of pyridine rings is 2. The topological polar surface area (TPSA) is 61.4 Å². The fraction of sp³-hybridized carbons (Fsp3) is 0.346. The summed E-state index contributed by atoms with van der Waals surface area (Å²) in [5, 5.41) is 3.19. The number of benzene rings is 1. The molecule has 3 heterocycles. The third kappa shape index (κ3) is 4.97. The quantitative estimate of drug-likeness (QED) is 0.620. The minimum Gasteiger partial charge on any atom is -0.373 e. The molecule has 1 N–H and O–H groups in total. The first-order valence-electron chi connectivity index (χ1n) is 11.3. The van der Waals surface area contributed by atoms with E-state index in [1.807, 2.05) is 36.3 Å². The van der Waals surface area contributed by atoms with E-state index in [-0.39, 0.29) is 11.8 Å². The fourth-order valence-electron chi connectivity index (χ4n) is 4.52. The summed E-state index contributed by atoms with van der Waals surface area (Å²) in [6, 6.07) is 16.5. The number of hydrogen-bond donors (Lipinski definition) is 1. The van der Waals surface area contributed by atoms with Crippen LogP contribution in [0.1, 0.15) is 18.1 Å². The number of nitrogens with one attached hydrogen (secondary N) is 1. The van der Waals surface area contributed by atoms with Gasteiger partial charge in [-0.05, 0) is 36.6 Å². The number of likely N-dealkylation sites (N-methyl/N-ethyl adjacent to an activating group) is 1.